The first-order valence-electron chi connectivity index (χ1n) is 10.8. The fourth-order valence-electron chi connectivity index (χ4n) is 4.52. The van der Waals surface area contributed by atoms with Crippen LogP contribution in [0.15, 0.2) is 18.3 Å². The minimum Gasteiger partial charge on any atom is -0.330 e. The van der Waals surface area contributed by atoms with E-state index >= 15 is 0 Å². The van der Waals surface area contributed by atoms with E-state index in [1.807, 2.05) is 0 Å². The molecule has 35 heavy (non-hydrogen) atoms. The highest BCUT2D eigenvalue weighted by atomic mass is 19.4. The Labute approximate surface area is 197 Å². The predicted octanol–water partition coefficient (Wildman–Crippen LogP) is 5.23. The first-order chi connectivity index (χ1) is 16.1. The van der Waals surface area contributed by atoms with Gasteiger partial charge in [-0.1, -0.05) is 0 Å². The van der Waals surface area contributed by atoms with Crippen LogP contribution in [-0.4, -0.2) is 36.9 Å². The number of halogens is 6. The summed E-state index contributed by atoms with van der Waals surface area (Å²) < 4.78 is 85.1. The maximum atomic E-state index is 13.9. The maximum Gasteiger partial charge on any atom is 0.433 e. The van der Waals surface area contributed by atoms with Crippen molar-refractivity contribution in [1.82, 2.24) is 24.5 Å². The van der Waals surface area contributed by atoms with Crippen LogP contribution in [0.5, 0.6) is 0 Å². The first-order valence-corrected chi connectivity index (χ1v) is 10.8. The molecule has 0 fully saturated rings. The molecule has 1 amide bonds. The quantitative estimate of drug-likeness (QED) is 0.358. The molecule has 0 aliphatic carbocycles. The normalized spacial score (nSPS) is 16.5. The number of benzene rings is 1. The van der Waals surface area contributed by atoms with Gasteiger partial charge in [0.05, 0.1) is 34.7 Å². The summed E-state index contributed by atoms with van der Waals surface area (Å²) in [5.41, 5.74) is -1.35. The molecule has 2 aromatic heterocycles. The van der Waals surface area contributed by atoms with Crippen LogP contribution in [-0.2, 0) is 25.2 Å². The highest BCUT2D eigenvalue weighted by Crippen LogP contribution is 2.39. The minimum atomic E-state index is -4.81. The summed E-state index contributed by atoms with van der Waals surface area (Å²) in [7, 11) is 1.53. The van der Waals surface area contributed by atoms with Gasteiger partial charge in [-0.3, -0.25) is 14.2 Å². The second kappa shape index (κ2) is 8.13. The average Bonchev–Trinajstić information content (AvgIpc) is 3.33. The summed E-state index contributed by atoms with van der Waals surface area (Å²) in [6, 6.07) is 0.975. The molecular formula is C23H23F6N5O. The fourth-order valence-corrected chi connectivity index (χ4v) is 4.52. The molecule has 0 saturated heterocycles. The molecule has 12 heteroatoms. The predicted molar refractivity (Wildman–Crippen MR) is 114 cm³/mol. The topological polar surface area (TPSA) is 56.0 Å². The Morgan fingerprint density at radius 1 is 1.09 bits per heavy atom. The van der Waals surface area contributed by atoms with Gasteiger partial charge in [-0.05, 0) is 46.2 Å². The van der Waals surface area contributed by atoms with Crippen LogP contribution in [0.4, 0.5) is 26.3 Å². The molecule has 0 N–H and O–H groups in total. The van der Waals surface area contributed by atoms with Crippen molar-refractivity contribution in [3.8, 4) is 11.3 Å². The van der Waals surface area contributed by atoms with Gasteiger partial charge in [0.25, 0.3) is 5.91 Å². The summed E-state index contributed by atoms with van der Waals surface area (Å²) in [6.45, 7) is 6.30. The number of alkyl halides is 3. The summed E-state index contributed by atoms with van der Waals surface area (Å²) in [5.74, 6) is -5.15. The van der Waals surface area contributed by atoms with Crippen molar-refractivity contribution in [1.29, 1.82) is 0 Å². The van der Waals surface area contributed by atoms with Crippen molar-refractivity contribution in [2.24, 2.45) is 7.05 Å². The monoisotopic (exact) mass is 499 g/mol. The van der Waals surface area contributed by atoms with Crippen molar-refractivity contribution in [3.63, 3.8) is 0 Å². The van der Waals surface area contributed by atoms with Crippen LogP contribution < -0.4 is 0 Å². The van der Waals surface area contributed by atoms with E-state index in [-0.39, 0.29) is 18.5 Å². The Balaban J connectivity index is 1.75. The number of rotatable bonds is 2. The van der Waals surface area contributed by atoms with E-state index in [0.717, 1.165) is 23.0 Å². The van der Waals surface area contributed by atoms with Crippen molar-refractivity contribution < 1.29 is 31.1 Å². The Bertz CT molecular complexity index is 1290. The molecule has 1 aliphatic rings. The van der Waals surface area contributed by atoms with Crippen molar-refractivity contribution in [2.75, 3.05) is 6.54 Å². The van der Waals surface area contributed by atoms with Crippen molar-refractivity contribution >= 4 is 5.91 Å². The van der Waals surface area contributed by atoms with E-state index in [9.17, 15) is 31.1 Å². The summed E-state index contributed by atoms with van der Waals surface area (Å²) in [6.07, 6.45) is -3.72. The standard InChI is InChI=1S/C23H23F6N5O/c1-11-18-13(19(32(5)31-18)12-8-15(24)17(26)16(25)9-12)6-7-33(11)21(35)14-10-30-34(22(2,3)4)20(14)23(27,28)29/h8-11H,6-7H2,1-5H3/t11-/m0/s1. The molecule has 0 radical (unpaired) electrons. The molecule has 0 saturated carbocycles. The molecule has 3 heterocycles. The average molecular weight is 499 g/mol. The van der Waals surface area contributed by atoms with Gasteiger partial charge in [-0.2, -0.15) is 23.4 Å². The van der Waals surface area contributed by atoms with Crippen molar-refractivity contribution in [2.45, 2.75) is 51.9 Å². The lowest BCUT2D eigenvalue weighted by Crippen LogP contribution is -2.40. The largest absolute Gasteiger partial charge is 0.433 e. The molecule has 4 rings (SSSR count). The van der Waals surface area contributed by atoms with Crippen LogP contribution in [0, 0.1) is 17.5 Å². The number of hydrogen-bond acceptors (Lipinski definition) is 3. The van der Waals surface area contributed by atoms with Crippen LogP contribution in [0.25, 0.3) is 11.3 Å². The molecule has 188 valence electrons. The van der Waals surface area contributed by atoms with Crippen LogP contribution in [0.3, 0.4) is 0 Å². The van der Waals surface area contributed by atoms with Crippen molar-refractivity contribution in [3.05, 3.63) is 58.3 Å². The lowest BCUT2D eigenvalue weighted by molar-refractivity contribution is -0.146. The molecule has 0 bridgehead atoms. The smallest absolute Gasteiger partial charge is 0.330 e. The van der Waals surface area contributed by atoms with Crippen LogP contribution in [0.2, 0.25) is 0 Å². The van der Waals surface area contributed by atoms with Gasteiger partial charge in [0, 0.05) is 24.7 Å². The maximum absolute atomic E-state index is 13.9. The number of carbonyl (C=O) groups is 1. The fraction of sp³-hybridized carbons (Fsp3) is 0.435. The second-order valence-corrected chi connectivity index (χ2v) is 9.50. The van der Waals surface area contributed by atoms with Gasteiger partial charge in [-0.25, -0.2) is 13.2 Å². The van der Waals surface area contributed by atoms with Gasteiger partial charge < -0.3 is 4.90 Å². The van der Waals surface area contributed by atoms with Crippen LogP contribution in [0.1, 0.15) is 61.0 Å². The molecule has 1 atom stereocenters. The third-order valence-corrected chi connectivity index (χ3v) is 6.06. The Morgan fingerprint density at radius 3 is 2.23 bits per heavy atom. The number of nitrogens with zero attached hydrogens (tertiary/aromatic N) is 5. The summed E-state index contributed by atoms with van der Waals surface area (Å²) in [4.78, 5) is 14.6. The first kappa shape index (κ1) is 24.8. The zero-order valence-corrected chi connectivity index (χ0v) is 19.6. The Hall–Kier alpha value is -3.31. The Kier molecular flexibility index (Phi) is 5.76. The van der Waals surface area contributed by atoms with Gasteiger partial charge in [0.1, 0.15) is 0 Å². The zero-order chi connectivity index (χ0) is 26.0. The number of carbonyl (C=O) groups excluding carboxylic acids is 1. The number of hydrogen-bond donors (Lipinski definition) is 0. The molecule has 6 nitrogen and oxygen atoms in total. The van der Waals surface area contributed by atoms with E-state index in [4.69, 9.17) is 0 Å². The molecule has 1 aromatic carbocycles. The van der Waals surface area contributed by atoms with Crippen LogP contribution >= 0.6 is 0 Å². The molecule has 0 spiro atoms. The third kappa shape index (κ3) is 4.08. The molecule has 0 unspecified atom stereocenters. The third-order valence-electron chi connectivity index (χ3n) is 6.06. The second-order valence-electron chi connectivity index (χ2n) is 9.50. The van der Waals surface area contributed by atoms with Gasteiger partial charge in [0.15, 0.2) is 23.1 Å². The summed E-state index contributed by atoms with van der Waals surface area (Å²) >= 11 is 0. The van der Waals surface area contributed by atoms with E-state index in [1.54, 1.807) is 27.7 Å². The molecule has 3 aromatic rings. The number of fused-ring (bicyclic) bond motifs is 1. The highest BCUT2D eigenvalue weighted by molar-refractivity contribution is 5.96. The number of amides is 1. The van der Waals surface area contributed by atoms with E-state index in [2.05, 4.69) is 10.2 Å². The van der Waals surface area contributed by atoms with Gasteiger partial charge >= 0.3 is 6.18 Å². The number of aromatic nitrogens is 4. The number of aryl methyl sites for hydroxylation is 1. The lowest BCUT2D eigenvalue weighted by atomic mass is 9.95. The molecule has 1 aliphatic heterocycles. The Morgan fingerprint density at radius 2 is 1.69 bits per heavy atom. The molecular weight excluding hydrogens is 476 g/mol. The SMILES string of the molecule is C[C@H]1c2nn(C)c(-c3cc(F)c(F)c(F)c3)c2CCN1C(=O)c1cnn(C(C)(C)C)c1C(F)(F)F. The van der Waals surface area contributed by atoms with Gasteiger partial charge in [-0.15, -0.1) is 0 Å². The van der Waals surface area contributed by atoms with E-state index in [0.29, 0.717) is 17.0 Å². The zero-order valence-electron chi connectivity index (χ0n) is 19.6. The lowest BCUT2D eigenvalue weighted by Gasteiger charge is -2.33. The minimum absolute atomic E-state index is 0.0375. The van der Waals surface area contributed by atoms with Gasteiger partial charge in [0.2, 0.25) is 0 Å². The van der Waals surface area contributed by atoms with E-state index < -0.39 is 52.4 Å². The highest BCUT2D eigenvalue weighted by Gasteiger charge is 2.44. The summed E-state index contributed by atoms with van der Waals surface area (Å²) in [5, 5.41) is 8.22. The van der Waals surface area contributed by atoms with E-state index in [1.165, 1.54) is 16.6 Å².